The van der Waals surface area contributed by atoms with E-state index in [0.717, 1.165) is 18.7 Å². The maximum Gasteiger partial charge on any atom is 0.204 e. The molecule has 1 aromatic carbocycles. The van der Waals surface area contributed by atoms with Crippen LogP contribution in [0.25, 0.3) is 6.08 Å². The number of fused-ring (bicyclic) bond motifs is 1. The third-order valence-electron chi connectivity index (χ3n) is 3.45. The van der Waals surface area contributed by atoms with Gasteiger partial charge in [0.15, 0.2) is 0 Å². The number of rotatable bonds is 2. The summed E-state index contributed by atoms with van der Waals surface area (Å²) in [6.07, 6.45) is 4.18. The molecule has 4 heteroatoms. The van der Waals surface area contributed by atoms with Gasteiger partial charge in [-0.05, 0) is 43.6 Å². The Bertz CT molecular complexity index is 569. The summed E-state index contributed by atoms with van der Waals surface area (Å²) in [4.78, 5) is 3.24. The molecule has 3 rings (SSSR count). The zero-order valence-corrected chi connectivity index (χ0v) is 10.4. The molecule has 2 aliphatic rings. The first kappa shape index (κ1) is 11.0. The van der Waals surface area contributed by atoms with Crippen LogP contribution in [0.3, 0.4) is 0 Å². The highest BCUT2D eigenvalue weighted by Gasteiger charge is 2.30. The van der Waals surface area contributed by atoms with Crippen molar-refractivity contribution < 1.29 is 8.42 Å². The number of nitrogens with zero attached hydrogens (tertiary/aromatic N) is 1. The minimum Gasteiger partial charge on any atom is -0.298 e. The Kier molecular flexibility index (Phi) is 2.56. The fourth-order valence-electron chi connectivity index (χ4n) is 2.53. The van der Waals surface area contributed by atoms with Crippen LogP contribution in [0.4, 0.5) is 0 Å². The fourth-order valence-corrected chi connectivity index (χ4v) is 4.14. The second-order valence-corrected chi connectivity index (χ2v) is 6.61. The first-order valence-corrected chi connectivity index (χ1v) is 7.43. The molecule has 1 aromatic rings. The van der Waals surface area contributed by atoms with Crippen molar-refractivity contribution in [2.45, 2.75) is 17.7 Å². The first-order chi connectivity index (χ1) is 8.18. The Morgan fingerprint density at radius 3 is 2.53 bits per heavy atom. The van der Waals surface area contributed by atoms with Crippen LogP contribution in [0.5, 0.6) is 0 Å². The Balaban J connectivity index is 1.93. The molecule has 90 valence electrons. The normalized spacial score (nSPS) is 22.5. The quantitative estimate of drug-likeness (QED) is 0.803. The summed E-state index contributed by atoms with van der Waals surface area (Å²) in [5, 5.41) is 0. The first-order valence-electron chi connectivity index (χ1n) is 5.95. The maximum absolute atomic E-state index is 12.3. The van der Waals surface area contributed by atoms with Crippen LogP contribution >= 0.6 is 0 Å². The highest BCUT2D eigenvalue weighted by Crippen LogP contribution is 2.33. The van der Waals surface area contributed by atoms with E-state index < -0.39 is 9.84 Å². The van der Waals surface area contributed by atoms with Gasteiger partial charge in [0.25, 0.3) is 0 Å². The van der Waals surface area contributed by atoms with Gasteiger partial charge in [-0.25, -0.2) is 8.42 Å². The number of likely N-dealkylation sites (tertiary alicyclic amines) is 1. The Labute approximate surface area is 102 Å². The van der Waals surface area contributed by atoms with E-state index in [4.69, 9.17) is 0 Å². The monoisotopic (exact) mass is 249 g/mol. The number of hydrogen-bond donors (Lipinski definition) is 0. The molecule has 0 aliphatic carbocycles. The maximum atomic E-state index is 12.3. The molecule has 1 fully saturated rings. The van der Waals surface area contributed by atoms with E-state index >= 15 is 0 Å². The van der Waals surface area contributed by atoms with Gasteiger partial charge in [0, 0.05) is 6.54 Å². The highest BCUT2D eigenvalue weighted by molar-refractivity contribution is 7.95. The highest BCUT2D eigenvalue weighted by atomic mass is 32.2. The van der Waals surface area contributed by atoms with E-state index in [1.54, 1.807) is 12.1 Å². The van der Waals surface area contributed by atoms with Crippen LogP contribution in [0.15, 0.2) is 34.1 Å². The molecule has 2 aliphatic heterocycles. The second kappa shape index (κ2) is 3.96. The molecular weight excluding hydrogens is 234 g/mol. The van der Waals surface area contributed by atoms with Gasteiger partial charge >= 0.3 is 0 Å². The molecule has 1 saturated heterocycles. The Morgan fingerprint density at radius 1 is 1.12 bits per heavy atom. The zero-order valence-electron chi connectivity index (χ0n) is 9.59. The van der Waals surface area contributed by atoms with E-state index in [9.17, 15) is 8.42 Å². The fraction of sp³-hybridized carbons (Fsp3) is 0.385. The lowest BCUT2D eigenvalue weighted by atomic mass is 10.2. The SMILES string of the molecule is O=S1(=O)C(CN2CCCC2)=Cc2ccccc21. The summed E-state index contributed by atoms with van der Waals surface area (Å²) in [7, 11) is -3.21. The van der Waals surface area contributed by atoms with Crippen molar-refractivity contribution in [2.75, 3.05) is 19.6 Å². The molecule has 0 amide bonds. The van der Waals surface area contributed by atoms with Crippen LogP contribution in [0, 0.1) is 0 Å². The van der Waals surface area contributed by atoms with Crippen LogP contribution in [-0.2, 0) is 9.84 Å². The van der Waals surface area contributed by atoms with E-state index in [-0.39, 0.29) is 0 Å². The number of benzene rings is 1. The lowest BCUT2D eigenvalue weighted by molar-refractivity contribution is 0.374. The van der Waals surface area contributed by atoms with Crippen molar-refractivity contribution in [2.24, 2.45) is 0 Å². The summed E-state index contributed by atoms with van der Waals surface area (Å²) < 4.78 is 24.6. The topological polar surface area (TPSA) is 37.4 Å². The van der Waals surface area contributed by atoms with Crippen molar-refractivity contribution >= 4 is 15.9 Å². The van der Waals surface area contributed by atoms with Gasteiger partial charge in [-0.1, -0.05) is 18.2 Å². The van der Waals surface area contributed by atoms with E-state index in [2.05, 4.69) is 4.90 Å². The summed E-state index contributed by atoms with van der Waals surface area (Å²) in [6, 6.07) is 7.22. The molecule has 3 nitrogen and oxygen atoms in total. The summed E-state index contributed by atoms with van der Waals surface area (Å²) in [5.41, 5.74) is 0.835. The van der Waals surface area contributed by atoms with Crippen LogP contribution in [-0.4, -0.2) is 33.0 Å². The van der Waals surface area contributed by atoms with Crippen molar-refractivity contribution in [3.8, 4) is 0 Å². The van der Waals surface area contributed by atoms with E-state index in [0.29, 0.717) is 16.3 Å². The van der Waals surface area contributed by atoms with E-state index in [1.165, 1.54) is 12.8 Å². The minimum absolute atomic E-state index is 0.467. The third kappa shape index (κ3) is 1.81. The van der Waals surface area contributed by atoms with E-state index in [1.807, 2.05) is 18.2 Å². The van der Waals surface area contributed by atoms with Gasteiger partial charge in [0.1, 0.15) is 0 Å². The van der Waals surface area contributed by atoms with Crippen molar-refractivity contribution in [1.29, 1.82) is 0 Å². The largest absolute Gasteiger partial charge is 0.298 e. The minimum atomic E-state index is -3.21. The molecule has 0 N–H and O–H groups in total. The summed E-state index contributed by atoms with van der Waals surface area (Å²) in [5.74, 6) is 0. The molecule has 0 saturated carbocycles. The third-order valence-corrected chi connectivity index (χ3v) is 5.34. The average molecular weight is 249 g/mol. The smallest absolute Gasteiger partial charge is 0.204 e. The van der Waals surface area contributed by atoms with Crippen molar-refractivity contribution in [3.05, 3.63) is 34.7 Å². The van der Waals surface area contributed by atoms with Crippen LogP contribution < -0.4 is 0 Å². The van der Waals surface area contributed by atoms with Gasteiger partial charge in [-0.2, -0.15) is 0 Å². The Hall–Kier alpha value is -1.13. The second-order valence-electron chi connectivity index (χ2n) is 4.64. The molecule has 17 heavy (non-hydrogen) atoms. The molecule has 0 aromatic heterocycles. The summed E-state index contributed by atoms with van der Waals surface area (Å²) >= 11 is 0. The van der Waals surface area contributed by atoms with Gasteiger partial charge < -0.3 is 0 Å². The molecule has 2 heterocycles. The predicted octanol–water partition coefficient (Wildman–Crippen LogP) is 1.91. The molecule has 0 spiro atoms. The average Bonchev–Trinajstić information content (AvgIpc) is 2.89. The number of hydrogen-bond acceptors (Lipinski definition) is 3. The molecule has 0 bridgehead atoms. The zero-order chi connectivity index (χ0) is 11.9. The molecule has 0 atom stereocenters. The van der Waals surface area contributed by atoms with Crippen LogP contribution in [0.2, 0.25) is 0 Å². The molecule has 0 radical (unpaired) electrons. The van der Waals surface area contributed by atoms with Crippen molar-refractivity contribution in [1.82, 2.24) is 4.90 Å². The van der Waals surface area contributed by atoms with Gasteiger partial charge in [0.2, 0.25) is 9.84 Å². The van der Waals surface area contributed by atoms with Gasteiger partial charge in [0.05, 0.1) is 9.80 Å². The van der Waals surface area contributed by atoms with Crippen molar-refractivity contribution in [3.63, 3.8) is 0 Å². The Morgan fingerprint density at radius 2 is 1.82 bits per heavy atom. The standard InChI is InChI=1S/C13H15NO2S/c15-17(16)12(10-14-7-3-4-8-14)9-11-5-1-2-6-13(11)17/h1-2,5-6,9H,3-4,7-8,10H2. The number of sulfone groups is 1. The predicted molar refractivity (Wildman–Crippen MR) is 67.3 cm³/mol. The van der Waals surface area contributed by atoms with Crippen LogP contribution in [0.1, 0.15) is 18.4 Å². The molecular formula is C13H15NO2S. The van der Waals surface area contributed by atoms with Gasteiger partial charge in [-0.3, -0.25) is 4.90 Å². The lowest BCUT2D eigenvalue weighted by Crippen LogP contribution is -2.23. The summed E-state index contributed by atoms with van der Waals surface area (Å²) in [6.45, 7) is 2.60. The van der Waals surface area contributed by atoms with Gasteiger partial charge in [-0.15, -0.1) is 0 Å². The molecule has 0 unspecified atom stereocenters. The lowest BCUT2D eigenvalue weighted by Gasteiger charge is -2.14.